The number of hydrogen-bond acceptors (Lipinski definition) is 3. The summed E-state index contributed by atoms with van der Waals surface area (Å²) in [5.41, 5.74) is 1.68. The maximum Gasteiger partial charge on any atom is 0.338 e. The molecule has 0 aliphatic carbocycles. The molecule has 1 atom stereocenters. The Kier molecular flexibility index (Phi) is 3.14. The lowest BCUT2D eigenvalue weighted by Crippen LogP contribution is -2.28. The molecular formula is C11H11IO3. The number of methoxy groups -OCH3 is 1. The number of esters is 1. The zero-order chi connectivity index (χ0) is 10.8. The van der Waals surface area contributed by atoms with Gasteiger partial charge >= 0.3 is 5.97 Å². The van der Waals surface area contributed by atoms with E-state index >= 15 is 0 Å². The third kappa shape index (κ3) is 2.09. The molecule has 80 valence electrons. The van der Waals surface area contributed by atoms with Crippen molar-refractivity contribution in [1.29, 1.82) is 0 Å². The number of carbonyl (C=O) groups excluding carboxylic acids is 1. The fraction of sp³-hybridized carbons (Fsp3) is 0.364. The van der Waals surface area contributed by atoms with Gasteiger partial charge in [0.2, 0.25) is 0 Å². The second-order valence-corrected chi connectivity index (χ2v) is 4.29. The molecule has 0 bridgehead atoms. The van der Waals surface area contributed by atoms with Crippen LogP contribution in [-0.4, -0.2) is 23.6 Å². The normalized spacial score (nSPS) is 19.3. The number of carbonyl (C=O) groups is 1. The van der Waals surface area contributed by atoms with E-state index in [0.29, 0.717) is 5.56 Å². The minimum absolute atomic E-state index is 0.00212. The van der Waals surface area contributed by atoms with Crippen LogP contribution < -0.4 is 4.74 Å². The van der Waals surface area contributed by atoms with E-state index < -0.39 is 0 Å². The molecular weight excluding hydrogens is 307 g/mol. The van der Waals surface area contributed by atoms with Gasteiger partial charge in [0, 0.05) is 10.8 Å². The lowest BCUT2D eigenvalue weighted by atomic mass is 9.99. The summed E-state index contributed by atoms with van der Waals surface area (Å²) in [6.07, 6.45) is 0.777. The number of cyclic esters (lactones) is 1. The van der Waals surface area contributed by atoms with Crippen molar-refractivity contribution in [3.05, 3.63) is 29.3 Å². The molecule has 2 rings (SSSR count). The van der Waals surface area contributed by atoms with Crippen LogP contribution in [0.1, 0.15) is 15.9 Å². The van der Waals surface area contributed by atoms with E-state index in [9.17, 15) is 4.79 Å². The summed E-state index contributed by atoms with van der Waals surface area (Å²) in [5, 5.41) is 0. The maximum atomic E-state index is 11.6. The van der Waals surface area contributed by atoms with Gasteiger partial charge in [-0.25, -0.2) is 4.79 Å². The minimum atomic E-state index is -0.222. The molecule has 1 aromatic carbocycles. The van der Waals surface area contributed by atoms with E-state index in [1.807, 2.05) is 6.07 Å². The van der Waals surface area contributed by atoms with E-state index in [1.165, 1.54) is 0 Å². The van der Waals surface area contributed by atoms with Gasteiger partial charge in [0.25, 0.3) is 0 Å². The molecule has 0 saturated heterocycles. The first-order valence-corrected chi connectivity index (χ1v) is 6.21. The monoisotopic (exact) mass is 318 g/mol. The van der Waals surface area contributed by atoms with Crippen LogP contribution >= 0.6 is 22.6 Å². The molecule has 1 aliphatic heterocycles. The van der Waals surface area contributed by atoms with Crippen LogP contribution in [0, 0.1) is 0 Å². The van der Waals surface area contributed by atoms with Crippen LogP contribution in [-0.2, 0) is 11.2 Å². The van der Waals surface area contributed by atoms with Gasteiger partial charge in [-0.1, -0.05) is 22.6 Å². The zero-order valence-electron chi connectivity index (χ0n) is 8.33. The summed E-state index contributed by atoms with van der Waals surface area (Å²) < 4.78 is 11.2. The number of ether oxygens (including phenoxy) is 2. The standard InChI is InChI=1S/C11H11IO3/c1-14-8-2-3-10-7(4-8)5-9(6-12)15-11(10)13/h2-4,9H,5-6H2,1H3. The van der Waals surface area contributed by atoms with E-state index in [1.54, 1.807) is 19.2 Å². The van der Waals surface area contributed by atoms with Crippen molar-refractivity contribution in [3.8, 4) is 5.75 Å². The van der Waals surface area contributed by atoms with Crippen LogP contribution in [0.25, 0.3) is 0 Å². The first-order valence-electron chi connectivity index (χ1n) is 4.68. The molecule has 1 unspecified atom stereocenters. The Morgan fingerprint density at radius 2 is 2.40 bits per heavy atom. The molecule has 0 spiro atoms. The van der Waals surface area contributed by atoms with E-state index in [-0.39, 0.29) is 12.1 Å². The minimum Gasteiger partial charge on any atom is -0.497 e. The highest BCUT2D eigenvalue weighted by Crippen LogP contribution is 2.25. The Morgan fingerprint density at radius 3 is 3.07 bits per heavy atom. The Bertz CT molecular complexity index is 389. The number of hydrogen-bond donors (Lipinski definition) is 0. The number of halogens is 1. The molecule has 1 aliphatic rings. The molecule has 0 amide bonds. The zero-order valence-corrected chi connectivity index (χ0v) is 10.5. The summed E-state index contributed by atoms with van der Waals surface area (Å²) in [6, 6.07) is 5.46. The van der Waals surface area contributed by atoms with Gasteiger partial charge in [0.05, 0.1) is 12.7 Å². The molecule has 0 saturated carbocycles. The second kappa shape index (κ2) is 4.38. The van der Waals surface area contributed by atoms with Crippen LogP contribution in [0.15, 0.2) is 18.2 Å². The van der Waals surface area contributed by atoms with Gasteiger partial charge < -0.3 is 9.47 Å². The Morgan fingerprint density at radius 1 is 1.60 bits per heavy atom. The lowest BCUT2D eigenvalue weighted by molar-refractivity contribution is 0.0317. The highest BCUT2D eigenvalue weighted by molar-refractivity contribution is 14.1. The van der Waals surface area contributed by atoms with Gasteiger partial charge in [-0.2, -0.15) is 0 Å². The van der Waals surface area contributed by atoms with Crippen molar-refractivity contribution in [2.24, 2.45) is 0 Å². The van der Waals surface area contributed by atoms with Gasteiger partial charge in [-0.3, -0.25) is 0 Å². The van der Waals surface area contributed by atoms with Crippen molar-refractivity contribution in [3.63, 3.8) is 0 Å². The second-order valence-electron chi connectivity index (χ2n) is 3.41. The highest BCUT2D eigenvalue weighted by Gasteiger charge is 2.25. The first-order chi connectivity index (χ1) is 7.24. The van der Waals surface area contributed by atoms with Crippen LogP contribution in [0.2, 0.25) is 0 Å². The number of alkyl halides is 1. The average Bonchev–Trinajstić information content (AvgIpc) is 2.28. The third-order valence-electron chi connectivity index (χ3n) is 2.43. The summed E-state index contributed by atoms with van der Waals surface area (Å²) >= 11 is 2.23. The molecule has 3 nitrogen and oxygen atoms in total. The summed E-state index contributed by atoms with van der Waals surface area (Å²) in [7, 11) is 1.62. The SMILES string of the molecule is COc1ccc2c(c1)CC(CI)OC2=O. The Labute approximate surface area is 102 Å². The summed E-state index contributed by atoms with van der Waals surface area (Å²) in [4.78, 5) is 11.6. The predicted molar refractivity (Wildman–Crippen MR) is 64.8 cm³/mol. The Balaban J connectivity index is 2.37. The van der Waals surface area contributed by atoms with Gasteiger partial charge in [-0.15, -0.1) is 0 Å². The average molecular weight is 318 g/mol. The van der Waals surface area contributed by atoms with Crippen molar-refractivity contribution < 1.29 is 14.3 Å². The van der Waals surface area contributed by atoms with Crippen molar-refractivity contribution >= 4 is 28.6 Å². The van der Waals surface area contributed by atoms with Crippen molar-refractivity contribution in [2.75, 3.05) is 11.5 Å². The summed E-state index contributed by atoms with van der Waals surface area (Å²) in [5.74, 6) is 0.566. The van der Waals surface area contributed by atoms with Gasteiger partial charge in [0.1, 0.15) is 11.9 Å². The Hall–Kier alpha value is -0.780. The lowest BCUT2D eigenvalue weighted by Gasteiger charge is -2.23. The molecule has 0 radical (unpaired) electrons. The number of benzene rings is 1. The highest BCUT2D eigenvalue weighted by atomic mass is 127. The fourth-order valence-corrected chi connectivity index (χ4v) is 2.14. The molecule has 1 aromatic rings. The number of fused-ring (bicyclic) bond motifs is 1. The van der Waals surface area contributed by atoms with Crippen LogP contribution in [0.3, 0.4) is 0 Å². The molecule has 0 N–H and O–H groups in total. The van der Waals surface area contributed by atoms with Crippen molar-refractivity contribution in [2.45, 2.75) is 12.5 Å². The van der Waals surface area contributed by atoms with Crippen LogP contribution in [0.5, 0.6) is 5.75 Å². The first kappa shape index (κ1) is 10.7. The molecule has 15 heavy (non-hydrogen) atoms. The largest absolute Gasteiger partial charge is 0.497 e. The van der Waals surface area contributed by atoms with Gasteiger partial charge in [0.15, 0.2) is 0 Å². The molecule has 1 heterocycles. The smallest absolute Gasteiger partial charge is 0.338 e. The van der Waals surface area contributed by atoms with Crippen molar-refractivity contribution in [1.82, 2.24) is 0 Å². The third-order valence-corrected chi connectivity index (χ3v) is 3.41. The van der Waals surface area contributed by atoms with Gasteiger partial charge in [-0.05, 0) is 23.8 Å². The molecule has 0 fully saturated rings. The fourth-order valence-electron chi connectivity index (χ4n) is 1.65. The van der Waals surface area contributed by atoms with E-state index in [0.717, 1.165) is 22.2 Å². The maximum absolute atomic E-state index is 11.6. The van der Waals surface area contributed by atoms with Crippen LogP contribution in [0.4, 0.5) is 0 Å². The molecule has 4 heteroatoms. The van der Waals surface area contributed by atoms with E-state index in [2.05, 4.69) is 22.6 Å². The predicted octanol–water partition coefficient (Wildman–Crippen LogP) is 2.21. The topological polar surface area (TPSA) is 35.5 Å². The number of rotatable bonds is 2. The summed E-state index contributed by atoms with van der Waals surface area (Å²) in [6.45, 7) is 0. The van der Waals surface area contributed by atoms with E-state index in [4.69, 9.17) is 9.47 Å². The quantitative estimate of drug-likeness (QED) is 0.476. The molecule has 0 aromatic heterocycles.